The third-order valence-electron chi connectivity index (χ3n) is 2.32. The Labute approximate surface area is 73.4 Å². The summed E-state index contributed by atoms with van der Waals surface area (Å²) in [5.74, 6) is 2.13. The van der Waals surface area contributed by atoms with Crippen LogP contribution in [0.2, 0.25) is 0 Å². The third-order valence-corrected chi connectivity index (χ3v) is 2.32. The van der Waals surface area contributed by atoms with Crippen molar-refractivity contribution >= 4 is 0 Å². The van der Waals surface area contributed by atoms with Crippen molar-refractivity contribution in [1.82, 2.24) is 0 Å². The van der Waals surface area contributed by atoms with E-state index >= 15 is 0 Å². The minimum Gasteiger partial charge on any atom is -0.0683 e. The normalized spacial score (nSPS) is 26.7. The van der Waals surface area contributed by atoms with E-state index in [4.69, 9.17) is 0 Å². The molecule has 0 aliphatic heterocycles. The van der Waals surface area contributed by atoms with E-state index in [1.54, 1.807) is 0 Å². The fourth-order valence-electron chi connectivity index (χ4n) is 1.34. The Morgan fingerprint density at radius 3 is 1.45 bits per heavy atom. The summed E-state index contributed by atoms with van der Waals surface area (Å²) in [6.07, 6.45) is 4.39. The average molecular weight is 158 g/mol. The van der Waals surface area contributed by atoms with Gasteiger partial charge in [0.2, 0.25) is 0 Å². The van der Waals surface area contributed by atoms with Crippen molar-refractivity contribution in [2.24, 2.45) is 11.8 Å². The number of rotatable bonds is 1. The third kappa shape index (κ3) is 5.29. The monoisotopic (exact) mass is 158 g/mol. The van der Waals surface area contributed by atoms with Crippen LogP contribution in [-0.4, -0.2) is 0 Å². The molecule has 0 aromatic carbocycles. The topological polar surface area (TPSA) is 0 Å². The first-order chi connectivity index (χ1) is 5.34. The van der Waals surface area contributed by atoms with E-state index in [0.29, 0.717) is 0 Å². The average Bonchev–Trinajstić information content (AvgIpc) is 2.10. The van der Waals surface area contributed by atoms with E-state index in [9.17, 15) is 0 Å². The summed E-state index contributed by atoms with van der Waals surface area (Å²) in [4.78, 5) is 0. The molecular weight excluding hydrogens is 132 g/mol. The molecule has 0 aromatic rings. The summed E-state index contributed by atoms with van der Waals surface area (Å²) in [6.45, 7) is 12.7. The van der Waals surface area contributed by atoms with Crippen molar-refractivity contribution in [2.45, 2.75) is 60.8 Å². The molecule has 1 aliphatic carbocycles. The second kappa shape index (κ2) is 10.0. The molecule has 11 heavy (non-hydrogen) atoms. The SMILES string of the molecule is CC.CC.CCC1CCC1C. The maximum absolute atomic E-state index is 2.36. The molecule has 1 aliphatic rings. The van der Waals surface area contributed by atoms with E-state index in [1.807, 2.05) is 27.7 Å². The van der Waals surface area contributed by atoms with Gasteiger partial charge in [-0.05, 0) is 18.3 Å². The van der Waals surface area contributed by atoms with Crippen LogP contribution < -0.4 is 0 Å². The van der Waals surface area contributed by atoms with Crippen LogP contribution in [0.4, 0.5) is 0 Å². The van der Waals surface area contributed by atoms with E-state index in [1.165, 1.54) is 19.3 Å². The molecule has 0 saturated heterocycles. The van der Waals surface area contributed by atoms with Crippen LogP contribution >= 0.6 is 0 Å². The predicted octanol–water partition coefficient (Wildman–Crippen LogP) is 4.49. The molecule has 0 bridgehead atoms. The van der Waals surface area contributed by atoms with E-state index in [0.717, 1.165) is 11.8 Å². The molecule has 0 amide bonds. The van der Waals surface area contributed by atoms with Gasteiger partial charge < -0.3 is 0 Å². The lowest BCUT2D eigenvalue weighted by atomic mass is 9.74. The molecule has 1 saturated carbocycles. The highest BCUT2D eigenvalue weighted by molar-refractivity contribution is 4.75. The van der Waals surface area contributed by atoms with Crippen molar-refractivity contribution in [3.05, 3.63) is 0 Å². The van der Waals surface area contributed by atoms with Gasteiger partial charge in [-0.1, -0.05) is 54.4 Å². The summed E-state index contributed by atoms with van der Waals surface area (Å²) in [7, 11) is 0. The van der Waals surface area contributed by atoms with E-state index < -0.39 is 0 Å². The van der Waals surface area contributed by atoms with Gasteiger partial charge in [0.1, 0.15) is 0 Å². The smallest absolute Gasteiger partial charge is 0.0391 e. The second-order valence-corrected chi connectivity index (χ2v) is 2.72. The lowest BCUT2D eigenvalue weighted by Crippen LogP contribution is -2.21. The fourth-order valence-corrected chi connectivity index (χ4v) is 1.34. The molecule has 0 aromatic heterocycles. The Kier molecular flexibility index (Phi) is 12.3. The van der Waals surface area contributed by atoms with Crippen LogP contribution in [0.5, 0.6) is 0 Å². The van der Waals surface area contributed by atoms with Crippen LogP contribution in [0.3, 0.4) is 0 Å². The van der Waals surface area contributed by atoms with Crippen LogP contribution in [0, 0.1) is 11.8 Å². The number of hydrogen-bond donors (Lipinski definition) is 0. The Bertz CT molecular complexity index is 55.1. The molecule has 2 atom stereocenters. The molecule has 0 radical (unpaired) electrons. The summed E-state index contributed by atoms with van der Waals surface area (Å²) < 4.78 is 0. The molecule has 70 valence electrons. The van der Waals surface area contributed by atoms with Gasteiger partial charge in [-0.2, -0.15) is 0 Å². The Morgan fingerprint density at radius 2 is 1.45 bits per heavy atom. The molecule has 0 heteroatoms. The molecular formula is C11H26. The van der Waals surface area contributed by atoms with Crippen molar-refractivity contribution in [3.8, 4) is 0 Å². The summed E-state index contributed by atoms with van der Waals surface area (Å²) >= 11 is 0. The number of hydrogen-bond acceptors (Lipinski definition) is 0. The van der Waals surface area contributed by atoms with E-state index in [2.05, 4.69) is 13.8 Å². The molecule has 1 rings (SSSR count). The molecule has 0 nitrogen and oxygen atoms in total. The zero-order valence-corrected chi connectivity index (χ0v) is 9.28. The first-order valence-corrected chi connectivity index (χ1v) is 5.34. The van der Waals surface area contributed by atoms with Gasteiger partial charge in [-0.15, -0.1) is 0 Å². The minimum absolute atomic E-state index is 1.05. The summed E-state index contributed by atoms with van der Waals surface area (Å²) in [5.41, 5.74) is 0. The maximum atomic E-state index is 2.36. The van der Waals surface area contributed by atoms with Crippen LogP contribution in [0.1, 0.15) is 60.8 Å². The summed E-state index contributed by atoms with van der Waals surface area (Å²) in [6, 6.07) is 0. The lowest BCUT2D eigenvalue weighted by Gasteiger charge is -2.32. The maximum Gasteiger partial charge on any atom is -0.0391 e. The highest BCUT2D eigenvalue weighted by Gasteiger charge is 2.23. The van der Waals surface area contributed by atoms with Crippen molar-refractivity contribution in [3.63, 3.8) is 0 Å². The molecule has 2 unspecified atom stereocenters. The summed E-state index contributed by atoms with van der Waals surface area (Å²) in [5, 5.41) is 0. The lowest BCUT2D eigenvalue weighted by molar-refractivity contribution is 0.190. The molecule has 0 heterocycles. The first kappa shape index (κ1) is 13.6. The van der Waals surface area contributed by atoms with Crippen molar-refractivity contribution < 1.29 is 0 Å². The highest BCUT2D eigenvalue weighted by atomic mass is 14.3. The second-order valence-electron chi connectivity index (χ2n) is 2.72. The fraction of sp³-hybridized carbons (Fsp3) is 1.00. The van der Waals surface area contributed by atoms with Crippen LogP contribution in [-0.2, 0) is 0 Å². The highest BCUT2D eigenvalue weighted by Crippen LogP contribution is 2.35. The minimum atomic E-state index is 1.05. The molecule has 0 N–H and O–H groups in total. The Balaban J connectivity index is 0. The van der Waals surface area contributed by atoms with Gasteiger partial charge in [0.15, 0.2) is 0 Å². The Hall–Kier alpha value is 0. The van der Waals surface area contributed by atoms with Crippen molar-refractivity contribution in [2.75, 3.05) is 0 Å². The molecule has 1 fully saturated rings. The zero-order valence-electron chi connectivity index (χ0n) is 9.28. The standard InChI is InChI=1S/C7H14.2C2H6/c1-3-7-5-4-6(7)2;2*1-2/h6-7H,3-5H2,1-2H3;2*1-2H3. The Morgan fingerprint density at radius 1 is 1.00 bits per heavy atom. The quantitative estimate of drug-likeness (QED) is 0.527. The van der Waals surface area contributed by atoms with Gasteiger partial charge in [-0.25, -0.2) is 0 Å². The van der Waals surface area contributed by atoms with Crippen LogP contribution in [0.25, 0.3) is 0 Å². The van der Waals surface area contributed by atoms with Crippen molar-refractivity contribution in [1.29, 1.82) is 0 Å². The predicted molar refractivity (Wildman–Crippen MR) is 54.9 cm³/mol. The van der Waals surface area contributed by atoms with E-state index in [-0.39, 0.29) is 0 Å². The van der Waals surface area contributed by atoms with Gasteiger partial charge in [0, 0.05) is 0 Å². The molecule has 0 spiro atoms. The van der Waals surface area contributed by atoms with Crippen LogP contribution in [0.15, 0.2) is 0 Å². The van der Waals surface area contributed by atoms with Gasteiger partial charge in [0.05, 0.1) is 0 Å². The van der Waals surface area contributed by atoms with Gasteiger partial charge in [-0.3, -0.25) is 0 Å². The van der Waals surface area contributed by atoms with Gasteiger partial charge >= 0.3 is 0 Å². The first-order valence-electron chi connectivity index (χ1n) is 5.34. The largest absolute Gasteiger partial charge is 0.0683 e. The zero-order chi connectivity index (χ0) is 9.28. The van der Waals surface area contributed by atoms with Gasteiger partial charge in [0.25, 0.3) is 0 Å².